The number of benzene rings is 1. The first-order valence-electron chi connectivity index (χ1n) is 8.91. The molecule has 7 heteroatoms. The van der Waals surface area contributed by atoms with Gasteiger partial charge < -0.3 is 14.6 Å². The van der Waals surface area contributed by atoms with Crippen LogP contribution in [-0.4, -0.2) is 31.6 Å². The third-order valence-electron chi connectivity index (χ3n) is 4.87. The summed E-state index contributed by atoms with van der Waals surface area (Å²) in [6.07, 6.45) is 2.57. The van der Waals surface area contributed by atoms with Gasteiger partial charge in [-0.3, -0.25) is 4.79 Å². The Morgan fingerprint density at radius 1 is 1.33 bits per heavy atom. The highest BCUT2D eigenvalue weighted by atomic mass is 32.2. The average molecular weight is 388 g/mol. The molecule has 1 saturated heterocycles. The molecule has 2 aromatic rings. The van der Waals surface area contributed by atoms with Gasteiger partial charge in [0.2, 0.25) is 9.84 Å². The molecule has 0 saturated carbocycles. The zero-order valence-electron chi connectivity index (χ0n) is 15.6. The highest BCUT2D eigenvalue weighted by Crippen LogP contribution is 2.35. The summed E-state index contributed by atoms with van der Waals surface area (Å²) in [5.74, 6) is -0.0472. The number of aromatic nitrogens is 1. The Balaban J connectivity index is 2.14. The predicted molar refractivity (Wildman–Crippen MR) is 104 cm³/mol. The number of allylic oxidation sites excluding steroid dienone is 1. The van der Waals surface area contributed by atoms with Gasteiger partial charge in [0.05, 0.1) is 4.90 Å². The molecule has 1 amide bonds. The summed E-state index contributed by atoms with van der Waals surface area (Å²) < 4.78 is 33.9. The van der Waals surface area contributed by atoms with Crippen LogP contribution in [0.5, 0.6) is 0 Å². The van der Waals surface area contributed by atoms with Crippen LogP contribution < -0.4 is 5.32 Å². The Labute approximate surface area is 159 Å². The maximum Gasteiger partial charge on any atom is 0.254 e. The molecule has 2 heterocycles. The molecule has 3 rings (SSSR count). The first kappa shape index (κ1) is 19.4. The third-order valence-corrected chi connectivity index (χ3v) is 6.80. The normalized spacial score (nSPS) is 17.0. The van der Waals surface area contributed by atoms with E-state index in [4.69, 9.17) is 4.74 Å². The molecular formula is C20H24N2O4S. The molecule has 1 aliphatic heterocycles. The van der Waals surface area contributed by atoms with Gasteiger partial charge in [0, 0.05) is 18.8 Å². The van der Waals surface area contributed by atoms with E-state index in [0.717, 1.165) is 12.1 Å². The minimum absolute atomic E-state index is 0.124. The molecule has 1 atom stereocenters. The fourth-order valence-electron chi connectivity index (χ4n) is 3.34. The molecule has 144 valence electrons. The lowest BCUT2D eigenvalue weighted by molar-refractivity contribution is -0.124. The highest BCUT2D eigenvalue weighted by molar-refractivity contribution is 7.91. The molecule has 1 aromatic carbocycles. The molecule has 0 spiro atoms. The number of carbonyl (C=O) groups excluding carboxylic acids is 1. The van der Waals surface area contributed by atoms with Crippen molar-refractivity contribution in [2.45, 2.75) is 49.1 Å². The van der Waals surface area contributed by atoms with Crippen molar-refractivity contribution in [1.82, 2.24) is 4.57 Å². The van der Waals surface area contributed by atoms with Crippen LogP contribution in [0.4, 0.5) is 5.82 Å². The summed E-state index contributed by atoms with van der Waals surface area (Å²) in [4.78, 5) is 13.0. The van der Waals surface area contributed by atoms with Crippen molar-refractivity contribution in [2.24, 2.45) is 0 Å². The number of nitrogens with zero attached hydrogens (tertiary/aromatic N) is 1. The monoisotopic (exact) mass is 388 g/mol. The fraction of sp³-hybridized carbons (Fsp3) is 0.350. The summed E-state index contributed by atoms with van der Waals surface area (Å²) in [7, 11) is -3.80. The summed E-state index contributed by atoms with van der Waals surface area (Å²) >= 11 is 0. The van der Waals surface area contributed by atoms with E-state index in [1.807, 2.05) is 6.92 Å². The van der Waals surface area contributed by atoms with Gasteiger partial charge in [-0.15, -0.1) is 6.58 Å². The quantitative estimate of drug-likeness (QED) is 0.771. The van der Waals surface area contributed by atoms with Gasteiger partial charge in [0.25, 0.3) is 5.91 Å². The van der Waals surface area contributed by atoms with E-state index < -0.39 is 15.9 Å². The van der Waals surface area contributed by atoms with E-state index in [9.17, 15) is 13.2 Å². The van der Waals surface area contributed by atoms with Crippen molar-refractivity contribution in [3.8, 4) is 0 Å². The average Bonchev–Trinajstić information content (AvgIpc) is 3.27. The van der Waals surface area contributed by atoms with Crippen LogP contribution in [0.2, 0.25) is 0 Å². The second kappa shape index (κ2) is 7.70. The van der Waals surface area contributed by atoms with Crippen LogP contribution >= 0.6 is 0 Å². The first-order valence-corrected chi connectivity index (χ1v) is 10.4. The molecule has 0 radical (unpaired) electrons. The lowest BCUT2D eigenvalue weighted by Crippen LogP contribution is -2.28. The Morgan fingerprint density at radius 2 is 2.04 bits per heavy atom. The molecule has 0 aliphatic carbocycles. The van der Waals surface area contributed by atoms with Gasteiger partial charge in [0.15, 0.2) is 0 Å². The number of anilines is 1. The molecule has 1 aliphatic rings. The number of sulfone groups is 1. The fourth-order valence-corrected chi connectivity index (χ4v) is 5.06. The van der Waals surface area contributed by atoms with Crippen LogP contribution in [0.1, 0.15) is 24.1 Å². The largest absolute Gasteiger partial charge is 0.368 e. The van der Waals surface area contributed by atoms with E-state index >= 15 is 0 Å². The molecule has 6 nitrogen and oxygen atoms in total. The maximum atomic E-state index is 13.3. The second-order valence-corrected chi connectivity index (χ2v) is 8.48. The van der Waals surface area contributed by atoms with Crippen molar-refractivity contribution in [3.63, 3.8) is 0 Å². The van der Waals surface area contributed by atoms with Gasteiger partial charge in [-0.2, -0.15) is 0 Å². The second-order valence-electron chi connectivity index (χ2n) is 6.59. The minimum atomic E-state index is -3.80. The van der Waals surface area contributed by atoms with Crippen molar-refractivity contribution >= 4 is 21.6 Å². The third kappa shape index (κ3) is 3.57. The van der Waals surface area contributed by atoms with Crippen molar-refractivity contribution in [1.29, 1.82) is 0 Å². The predicted octanol–water partition coefficient (Wildman–Crippen LogP) is 3.24. The highest BCUT2D eigenvalue weighted by Gasteiger charge is 2.32. The number of rotatable bonds is 6. The van der Waals surface area contributed by atoms with Crippen LogP contribution in [0, 0.1) is 13.8 Å². The zero-order chi connectivity index (χ0) is 19.6. The summed E-state index contributed by atoms with van der Waals surface area (Å²) in [5, 5.41) is 2.82. The number of carbonyl (C=O) groups is 1. The Kier molecular flexibility index (Phi) is 5.53. The van der Waals surface area contributed by atoms with E-state index in [0.29, 0.717) is 25.1 Å². The standard InChI is InChI=1S/C20H24N2O4S/c1-4-12-22-15(3)14(2)18(27(24,25)16-9-6-5-7-10-16)19(22)21-20(23)17-11-8-13-26-17/h4-7,9-10,17H,1,8,11-13H2,2-3H3,(H,21,23)/t17-/m0/s1. The van der Waals surface area contributed by atoms with Crippen LogP contribution in [0.15, 0.2) is 52.8 Å². The number of ether oxygens (including phenoxy) is 1. The first-order chi connectivity index (χ1) is 12.9. The summed E-state index contributed by atoms with van der Waals surface area (Å²) in [6, 6.07) is 8.24. The molecular weight excluding hydrogens is 364 g/mol. The van der Waals surface area contributed by atoms with Gasteiger partial charge in [-0.1, -0.05) is 24.3 Å². The number of nitrogens with one attached hydrogen (secondary N) is 1. The molecule has 1 fully saturated rings. The Hall–Kier alpha value is -2.38. The van der Waals surface area contributed by atoms with Crippen LogP contribution in [0.25, 0.3) is 0 Å². The van der Waals surface area contributed by atoms with Crippen LogP contribution in [0.3, 0.4) is 0 Å². The van der Waals surface area contributed by atoms with Crippen LogP contribution in [-0.2, 0) is 25.9 Å². The van der Waals surface area contributed by atoms with Gasteiger partial charge in [-0.25, -0.2) is 8.42 Å². The number of hydrogen-bond acceptors (Lipinski definition) is 4. The molecule has 27 heavy (non-hydrogen) atoms. The van der Waals surface area contributed by atoms with E-state index in [-0.39, 0.29) is 21.5 Å². The number of hydrogen-bond donors (Lipinski definition) is 1. The van der Waals surface area contributed by atoms with E-state index in [2.05, 4.69) is 11.9 Å². The summed E-state index contributed by atoms with van der Waals surface area (Å²) in [5.41, 5.74) is 1.38. The van der Waals surface area contributed by atoms with Gasteiger partial charge in [-0.05, 0) is 44.4 Å². The molecule has 1 N–H and O–H groups in total. The van der Waals surface area contributed by atoms with E-state index in [1.54, 1.807) is 47.9 Å². The van der Waals surface area contributed by atoms with Gasteiger partial charge in [0.1, 0.15) is 16.8 Å². The lowest BCUT2D eigenvalue weighted by atomic mass is 10.2. The van der Waals surface area contributed by atoms with Crippen molar-refractivity contribution in [3.05, 3.63) is 54.2 Å². The van der Waals surface area contributed by atoms with Crippen molar-refractivity contribution < 1.29 is 17.9 Å². The lowest BCUT2D eigenvalue weighted by Gasteiger charge is -2.15. The van der Waals surface area contributed by atoms with E-state index in [1.165, 1.54) is 0 Å². The molecule has 0 bridgehead atoms. The molecule has 1 aromatic heterocycles. The van der Waals surface area contributed by atoms with Crippen molar-refractivity contribution in [2.75, 3.05) is 11.9 Å². The zero-order valence-corrected chi connectivity index (χ0v) is 16.4. The Morgan fingerprint density at radius 3 is 2.63 bits per heavy atom. The Bertz CT molecular complexity index is 956. The smallest absolute Gasteiger partial charge is 0.254 e. The number of amides is 1. The topological polar surface area (TPSA) is 77.4 Å². The SMILES string of the molecule is C=CCn1c(C)c(C)c(S(=O)(=O)c2ccccc2)c1NC(=O)[C@@H]1CCCO1. The van der Waals surface area contributed by atoms with Gasteiger partial charge >= 0.3 is 0 Å². The molecule has 0 unspecified atom stereocenters. The summed E-state index contributed by atoms with van der Waals surface area (Å²) in [6.45, 7) is 8.27. The minimum Gasteiger partial charge on any atom is -0.368 e. The maximum absolute atomic E-state index is 13.3.